The monoisotopic (exact) mass is 149 g/mol. The Hall–Kier alpha value is -0.740. The molecular formula is C10H15N. The van der Waals surface area contributed by atoms with Gasteiger partial charge in [-0.05, 0) is 18.3 Å². The van der Waals surface area contributed by atoms with Crippen LogP contribution in [0.3, 0.4) is 0 Å². The van der Waals surface area contributed by atoms with Gasteiger partial charge >= 0.3 is 0 Å². The van der Waals surface area contributed by atoms with Gasteiger partial charge in [0.1, 0.15) is 0 Å². The maximum atomic E-state index is 5.88. The molecule has 0 saturated heterocycles. The van der Waals surface area contributed by atoms with Gasteiger partial charge < -0.3 is 5.73 Å². The van der Waals surface area contributed by atoms with Crippen LogP contribution in [0.4, 0.5) is 0 Å². The maximum absolute atomic E-state index is 5.88. The molecule has 1 aliphatic carbocycles. The molecule has 1 rings (SSSR count). The molecule has 2 N–H and O–H groups in total. The SMILES string of the molecule is C#CC(=C)C(N)C1CCC1C. The van der Waals surface area contributed by atoms with Gasteiger partial charge in [-0.1, -0.05) is 25.8 Å². The smallest absolute Gasteiger partial charge is 0.0400 e. The molecular weight excluding hydrogens is 134 g/mol. The highest BCUT2D eigenvalue weighted by Gasteiger charge is 2.32. The van der Waals surface area contributed by atoms with Crippen LogP contribution in [-0.2, 0) is 0 Å². The highest BCUT2D eigenvalue weighted by atomic mass is 14.7. The Balaban J connectivity index is 2.49. The van der Waals surface area contributed by atoms with Gasteiger partial charge in [-0.2, -0.15) is 0 Å². The number of hydrogen-bond donors (Lipinski definition) is 1. The Morgan fingerprint density at radius 1 is 1.73 bits per heavy atom. The summed E-state index contributed by atoms with van der Waals surface area (Å²) in [5, 5.41) is 0. The predicted molar refractivity (Wildman–Crippen MR) is 47.8 cm³/mol. The highest BCUT2D eigenvalue weighted by molar-refractivity contribution is 5.28. The molecule has 1 aliphatic rings. The summed E-state index contributed by atoms with van der Waals surface area (Å²) in [6.45, 7) is 5.97. The van der Waals surface area contributed by atoms with Crippen molar-refractivity contribution in [1.29, 1.82) is 0 Å². The second-order valence-corrected chi connectivity index (χ2v) is 3.41. The zero-order valence-electron chi connectivity index (χ0n) is 7.01. The molecule has 0 aliphatic heterocycles. The van der Waals surface area contributed by atoms with E-state index in [4.69, 9.17) is 12.2 Å². The number of nitrogens with two attached hydrogens (primary N) is 1. The van der Waals surface area contributed by atoms with E-state index < -0.39 is 0 Å². The van der Waals surface area contributed by atoms with Gasteiger partial charge in [0.15, 0.2) is 0 Å². The first-order chi connectivity index (χ1) is 5.16. The quantitative estimate of drug-likeness (QED) is 0.592. The largest absolute Gasteiger partial charge is 0.323 e. The molecule has 0 spiro atoms. The zero-order valence-corrected chi connectivity index (χ0v) is 7.01. The van der Waals surface area contributed by atoms with Crippen molar-refractivity contribution >= 4 is 0 Å². The maximum Gasteiger partial charge on any atom is 0.0400 e. The zero-order chi connectivity index (χ0) is 8.43. The van der Waals surface area contributed by atoms with E-state index in [1.165, 1.54) is 12.8 Å². The van der Waals surface area contributed by atoms with Crippen molar-refractivity contribution in [3.8, 4) is 12.3 Å². The molecule has 1 fully saturated rings. The minimum Gasteiger partial charge on any atom is -0.323 e. The average molecular weight is 149 g/mol. The summed E-state index contributed by atoms with van der Waals surface area (Å²) in [6.07, 6.45) is 7.70. The van der Waals surface area contributed by atoms with Crippen molar-refractivity contribution in [3.63, 3.8) is 0 Å². The van der Waals surface area contributed by atoms with Gasteiger partial charge in [0, 0.05) is 11.6 Å². The molecule has 60 valence electrons. The predicted octanol–water partition coefficient (Wildman–Crippen LogP) is 1.55. The molecule has 0 aromatic heterocycles. The van der Waals surface area contributed by atoms with E-state index in [1.54, 1.807) is 0 Å². The van der Waals surface area contributed by atoms with Gasteiger partial charge in [0.25, 0.3) is 0 Å². The molecule has 1 saturated carbocycles. The molecule has 3 unspecified atom stereocenters. The van der Waals surface area contributed by atoms with Crippen LogP contribution >= 0.6 is 0 Å². The number of rotatable bonds is 2. The highest BCUT2D eigenvalue weighted by Crippen LogP contribution is 2.36. The van der Waals surface area contributed by atoms with Gasteiger partial charge in [0.2, 0.25) is 0 Å². The van der Waals surface area contributed by atoms with Crippen molar-refractivity contribution in [2.45, 2.75) is 25.8 Å². The molecule has 0 aromatic rings. The van der Waals surface area contributed by atoms with Gasteiger partial charge in [-0.15, -0.1) is 6.42 Å². The second-order valence-electron chi connectivity index (χ2n) is 3.41. The number of terminal acetylenes is 1. The molecule has 1 heteroatoms. The molecule has 1 nitrogen and oxygen atoms in total. The van der Waals surface area contributed by atoms with E-state index in [0.717, 1.165) is 11.5 Å². The Morgan fingerprint density at radius 3 is 2.64 bits per heavy atom. The second kappa shape index (κ2) is 3.11. The average Bonchev–Trinajstić information content (AvgIpc) is 2.00. The van der Waals surface area contributed by atoms with E-state index in [9.17, 15) is 0 Å². The summed E-state index contributed by atoms with van der Waals surface area (Å²) in [4.78, 5) is 0. The first-order valence-electron chi connectivity index (χ1n) is 4.07. The van der Waals surface area contributed by atoms with Crippen LogP contribution in [0.1, 0.15) is 19.8 Å². The molecule has 0 amide bonds. The van der Waals surface area contributed by atoms with Gasteiger partial charge in [-0.25, -0.2) is 0 Å². The molecule has 0 bridgehead atoms. The van der Waals surface area contributed by atoms with Crippen LogP contribution in [0.2, 0.25) is 0 Å². The summed E-state index contributed by atoms with van der Waals surface area (Å²) >= 11 is 0. The lowest BCUT2D eigenvalue weighted by Crippen LogP contribution is -2.40. The summed E-state index contributed by atoms with van der Waals surface area (Å²) in [5.41, 5.74) is 6.63. The van der Waals surface area contributed by atoms with Crippen molar-refractivity contribution in [2.75, 3.05) is 0 Å². The molecule has 0 heterocycles. The minimum absolute atomic E-state index is 0.0312. The fourth-order valence-electron chi connectivity index (χ4n) is 1.58. The normalized spacial score (nSPS) is 31.7. The van der Waals surface area contributed by atoms with E-state index >= 15 is 0 Å². The Morgan fingerprint density at radius 2 is 2.36 bits per heavy atom. The van der Waals surface area contributed by atoms with Crippen LogP contribution in [-0.4, -0.2) is 6.04 Å². The van der Waals surface area contributed by atoms with Crippen molar-refractivity contribution in [3.05, 3.63) is 12.2 Å². The fraction of sp³-hybridized carbons (Fsp3) is 0.600. The summed E-state index contributed by atoms with van der Waals surface area (Å²) in [5.74, 6) is 3.83. The third-order valence-corrected chi connectivity index (χ3v) is 2.74. The van der Waals surface area contributed by atoms with Crippen LogP contribution in [0.25, 0.3) is 0 Å². The Bertz CT molecular complexity index is 199. The molecule has 3 atom stereocenters. The molecule has 11 heavy (non-hydrogen) atoms. The van der Waals surface area contributed by atoms with E-state index in [1.807, 2.05) is 0 Å². The van der Waals surface area contributed by atoms with Gasteiger partial charge in [-0.3, -0.25) is 0 Å². The topological polar surface area (TPSA) is 26.0 Å². The molecule has 0 aromatic carbocycles. The van der Waals surface area contributed by atoms with E-state index in [2.05, 4.69) is 19.4 Å². The Labute approximate surface area is 68.7 Å². The van der Waals surface area contributed by atoms with Gasteiger partial charge in [0.05, 0.1) is 0 Å². The van der Waals surface area contributed by atoms with E-state index in [-0.39, 0.29) is 6.04 Å². The van der Waals surface area contributed by atoms with Crippen molar-refractivity contribution < 1.29 is 0 Å². The summed E-state index contributed by atoms with van der Waals surface area (Å²) < 4.78 is 0. The fourth-order valence-corrected chi connectivity index (χ4v) is 1.58. The standard InChI is InChI=1S/C10H15N/c1-4-7(2)10(11)9-6-5-8(9)3/h1,8-10H,2,5-6,11H2,3H3. The lowest BCUT2D eigenvalue weighted by atomic mass is 9.69. The first-order valence-corrected chi connectivity index (χ1v) is 4.07. The summed E-state index contributed by atoms with van der Waals surface area (Å²) in [7, 11) is 0. The van der Waals surface area contributed by atoms with Crippen LogP contribution in [0.15, 0.2) is 12.2 Å². The van der Waals surface area contributed by atoms with E-state index in [0.29, 0.717) is 5.92 Å². The minimum atomic E-state index is 0.0312. The lowest BCUT2D eigenvalue weighted by Gasteiger charge is -2.38. The van der Waals surface area contributed by atoms with Crippen LogP contribution in [0.5, 0.6) is 0 Å². The Kier molecular flexibility index (Phi) is 2.36. The summed E-state index contributed by atoms with van der Waals surface area (Å²) in [6, 6.07) is 0.0312. The number of hydrogen-bond acceptors (Lipinski definition) is 1. The van der Waals surface area contributed by atoms with Crippen LogP contribution < -0.4 is 5.73 Å². The van der Waals surface area contributed by atoms with Crippen molar-refractivity contribution in [2.24, 2.45) is 17.6 Å². The lowest BCUT2D eigenvalue weighted by molar-refractivity contribution is 0.176. The third-order valence-electron chi connectivity index (χ3n) is 2.74. The molecule has 0 radical (unpaired) electrons. The first kappa shape index (κ1) is 8.36. The van der Waals surface area contributed by atoms with Crippen LogP contribution in [0, 0.1) is 24.2 Å². The third kappa shape index (κ3) is 1.46. The van der Waals surface area contributed by atoms with Crippen molar-refractivity contribution in [1.82, 2.24) is 0 Å².